The minimum Gasteiger partial charge on any atom is -0.493 e. The molecular weight excluding hydrogens is 445 g/mol. The summed E-state index contributed by atoms with van der Waals surface area (Å²) in [7, 11) is 1.41. The Kier molecular flexibility index (Phi) is 6.55. The van der Waals surface area contributed by atoms with Gasteiger partial charge in [-0.15, -0.1) is 0 Å². The third-order valence-corrected chi connectivity index (χ3v) is 5.71. The van der Waals surface area contributed by atoms with E-state index in [-0.39, 0.29) is 39.7 Å². The van der Waals surface area contributed by atoms with Gasteiger partial charge in [-0.3, -0.25) is 14.5 Å². The lowest BCUT2D eigenvalue weighted by Gasteiger charge is -2.12. The summed E-state index contributed by atoms with van der Waals surface area (Å²) in [6.07, 6.45) is 1.58. The van der Waals surface area contributed by atoms with Crippen LogP contribution in [0.5, 0.6) is 11.5 Å². The van der Waals surface area contributed by atoms with Crippen molar-refractivity contribution < 1.29 is 28.2 Å². The van der Waals surface area contributed by atoms with E-state index in [4.69, 9.17) is 9.47 Å². The first kappa shape index (κ1) is 22.3. The van der Waals surface area contributed by atoms with Crippen molar-refractivity contribution in [2.75, 3.05) is 7.11 Å². The van der Waals surface area contributed by atoms with E-state index in [1.165, 1.54) is 36.3 Å². The van der Waals surface area contributed by atoms with E-state index in [2.05, 4.69) is 0 Å². The second-order valence-corrected chi connectivity index (χ2v) is 8.06. The van der Waals surface area contributed by atoms with Crippen LogP contribution in [-0.4, -0.2) is 29.1 Å². The number of hydrogen-bond acceptors (Lipinski definition) is 6. The average Bonchev–Trinajstić information content (AvgIpc) is 3.08. The molecule has 0 atom stereocenters. The van der Waals surface area contributed by atoms with Gasteiger partial charge in [-0.1, -0.05) is 42.5 Å². The number of imide groups is 1. The number of methoxy groups -OCH3 is 1. The largest absolute Gasteiger partial charge is 0.493 e. The molecule has 0 radical (unpaired) electrons. The Hall–Kier alpha value is -3.91. The van der Waals surface area contributed by atoms with Gasteiger partial charge in [-0.05, 0) is 59.3 Å². The highest BCUT2D eigenvalue weighted by atomic mass is 32.2. The number of ether oxygens (including phenoxy) is 2. The van der Waals surface area contributed by atoms with E-state index in [1.54, 1.807) is 18.2 Å². The van der Waals surface area contributed by atoms with Crippen molar-refractivity contribution in [1.29, 1.82) is 0 Å². The Balaban J connectivity index is 1.52. The fourth-order valence-corrected chi connectivity index (χ4v) is 4.02. The summed E-state index contributed by atoms with van der Waals surface area (Å²) in [5, 5.41) is -0.345. The summed E-state index contributed by atoms with van der Waals surface area (Å²) >= 11 is 0.860. The highest BCUT2D eigenvalue weighted by molar-refractivity contribution is 8.18. The minimum absolute atomic E-state index is 0.0632. The first-order valence-electron chi connectivity index (χ1n) is 9.89. The van der Waals surface area contributed by atoms with Gasteiger partial charge in [0.2, 0.25) is 0 Å². The average molecular weight is 463 g/mol. The zero-order chi connectivity index (χ0) is 23.4. The maximum absolute atomic E-state index is 13.4. The lowest BCUT2D eigenvalue weighted by molar-refractivity contribution is -0.123. The maximum Gasteiger partial charge on any atom is 0.343 e. The number of benzene rings is 3. The second kappa shape index (κ2) is 9.70. The predicted octanol–water partition coefficient (Wildman–Crippen LogP) is 5.29. The minimum atomic E-state index is -0.734. The monoisotopic (exact) mass is 463 g/mol. The number of carbonyl (C=O) groups excluding carboxylic acids is 3. The number of rotatable bonds is 6. The van der Waals surface area contributed by atoms with Crippen molar-refractivity contribution in [3.63, 3.8) is 0 Å². The zero-order valence-corrected chi connectivity index (χ0v) is 18.3. The van der Waals surface area contributed by atoms with Gasteiger partial charge in [0.1, 0.15) is 5.82 Å². The molecule has 166 valence electrons. The van der Waals surface area contributed by atoms with Gasteiger partial charge in [0.15, 0.2) is 11.5 Å². The quantitative estimate of drug-likeness (QED) is 0.281. The SMILES string of the molecule is COc1cc(/C=C2\SC(=O)N(Cc3ccccc3)C2=O)ccc1OC(=O)c1cccc(F)c1. The molecule has 3 aromatic rings. The smallest absolute Gasteiger partial charge is 0.343 e. The lowest BCUT2D eigenvalue weighted by Crippen LogP contribution is -2.27. The fraction of sp³-hybridized carbons (Fsp3) is 0.0800. The summed E-state index contributed by atoms with van der Waals surface area (Å²) in [6, 6.07) is 19.1. The lowest BCUT2D eigenvalue weighted by atomic mass is 10.1. The molecule has 0 bridgehead atoms. The highest BCUT2D eigenvalue weighted by Gasteiger charge is 2.35. The molecule has 6 nitrogen and oxygen atoms in total. The Bertz CT molecular complexity index is 1260. The van der Waals surface area contributed by atoms with Crippen LogP contribution >= 0.6 is 11.8 Å². The molecule has 4 rings (SSSR count). The third kappa shape index (κ3) is 5.12. The molecule has 0 saturated carbocycles. The molecule has 8 heteroatoms. The predicted molar refractivity (Wildman–Crippen MR) is 122 cm³/mol. The topological polar surface area (TPSA) is 72.9 Å². The van der Waals surface area contributed by atoms with Gasteiger partial charge in [0, 0.05) is 0 Å². The molecule has 1 heterocycles. The van der Waals surface area contributed by atoms with Crippen molar-refractivity contribution in [2.45, 2.75) is 6.54 Å². The molecule has 1 aliphatic heterocycles. The van der Waals surface area contributed by atoms with Crippen LogP contribution in [0.15, 0.2) is 77.7 Å². The molecule has 0 unspecified atom stereocenters. The van der Waals surface area contributed by atoms with Crippen LogP contribution in [0.3, 0.4) is 0 Å². The fourth-order valence-electron chi connectivity index (χ4n) is 3.19. The van der Waals surface area contributed by atoms with E-state index < -0.39 is 11.8 Å². The summed E-state index contributed by atoms with van der Waals surface area (Å²) in [4.78, 5) is 38.9. The Morgan fingerprint density at radius 1 is 1.00 bits per heavy atom. The number of esters is 1. The van der Waals surface area contributed by atoms with Crippen molar-refractivity contribution in [1.82, 2.24) is 4.90 Å². The molecule has 0 aromatic heterocycles. The van der Waals surface area contributed by atoms with Crippen molar-refractivity contribution in [3.8, 4) is 11.5 Å². The normalized spacial score (nSPS) is 14.6. The van der Waals surface area contributed by atoms with Crippen LogP contribution in [0.2, 0.25) is 0 Å². The van der Waals surface area contributed by atoms with Crippen molar-refractivity contribution >= 4 is 35.0 Å². The Labute approximate surface area is 193 Å². The zero-order valence-electron chi connectivity index (χ0n) is 17.5. The first-order valence-corrected chi connectivity index (χ1v) is 10.7. The van der Waals surface area contributed by atoms with Crippen LogP contribution in [0.1, 0.15) is 21.5 Å². The van der Waals surface area contributed by atoms with Gasteiger partial charge >= 0.3 is 5.97 Å². The van der Waals surface area contributed by atoms with Gasteiger partial charge in [0.05, 0.1) is 24.1 Å². The molecule has 0 aliphatic carbocycles. The first-order chi connectivity index (χ1) is 15.9. The number of carbonyl (C=O) groups is 3. The molecule has 3 aromatic carbocycles. The molecule has 33 heavy (non-hydrogen) atoms. The maximum atomic E-state index is 13.4. The van der Waals surface area contributed by atoms with Gasteiger partial charge in [-0.2, -0.15) is 0 Å². The number of amides is 2. The van der Waals surface area contributed by atoms with Crippen LogP contribution in [0, 0.1) is 5.82 Å². The molecular formula is C25H18FNO5S. The summed E-state index contributed by atoms with van der Waals surface area (Å²) < 4.78 is 24.0. The number of hydrogen-bond donors (Lipinski definition) is 0. The van der Waals surface area contributed by atoms with E-state index in [0.717, 1.165) is 23.4 Å². The summed E-state index contributed by atoms with van der Waals surface area (Å²) in [6.45, 7) is 0.196. The molecule has 2 amide bonds. The number of nitrogens with zero attached hydrogens (tertiary/aromatic N) is 1. The molecule has 1 aliphatic rings. The van der Waals surface area contributed by atoms with Crippen LogP contribution in [-0.2, 0) is 11.3 Å². The Morgan fingerprint density at radius 3 is 2.52 bits per heavy atom. The highest BCUT2D eigenvalue weighted by Crippen LogP contribution is 2.35. The number of thioether (sulfide) groups is 1. The standard InChI is InChI=1S/C25H18FNO5S/c1-31-21-12-17(10-11-20(21)32-24(29)18-8-5-9-19(26)14-18)13-22-23(28)27(25(30)33-22)15-16-6-3-2-4-7-16/h2-14H,15H2,1H3/b22-13-. The second-order valence-electron chi connectivity index (χ2n) is 7.06. The van der Waals surface area contributed by atoms with Crippen molar-refractivity contribution in [2.24, 2.45) is 0 Å². The summed E-state index contributed by atoms with van der Waals surface area (Å²) in [5.41, 5.74) is 1.50. The summed E-state index contributed by atoms with van der Waals surface area (Å²) in [5.74, 6) is -1.27. The Morgan fingerprint density at radius 2 is 1.79 bits per heavy atom. The van der Waals surface area contributed by atoms with Crippen molar-refractivity contribution in [3.05, 3.63) is 100 Å². The molecule has 1 saturated heterocycles. The van der Waals surface area contributed by atoms with E-state index in [0.29, 0.717) is 5.56 Å². The third-order valence-electron chi connectivity index (χ3n) is 4.81. The van der Waals surface area contributed by atoms with Gasteiger partial charge < -0.3 is 9.47 Å². The van der Waals surface area contributed by atoms with E-state index >= 15 is 0 Å². The van der Waals surface area contributed by atoms with E-state index in [9.17, 15) is 18.8 Å². The van der Waals surface area contributed by atoms with Gasteiger partial charge in [0.25, 0.3) is 11.1 Å². The van der Waals surface area contributed by atoms with Crippen LogP contribution < -0.4 is 9.47 Å². The van der Waals surface area contributed by atoms with Crippen LogP contribution in [0.25, 0.3) is 6.08 Å². The van der Waals surface area contributed by atoms with Crippen LogP contribution in [0.4, 0.5) is 9.18 Å². The molecule has 0 spiro atoms. The number of halogens is 1. The van der Waals surface area contributed by atoms with Gasteiger partial charge in [-0.25, -0.2) is 9.18 Å². The van der Waals surface area contributed by atoms with E-state index in [1.807, 2.05) is 30.3 Å². The molecule has 1 fully saturated rings. The molecule has 0 N–H and O–H groups in total.